The number of hydrogen-bond donors (Lipinski definition) is 2. The van der Waals surface area contributed by atoms with Crippen LogP contribution in [-0.4, -0.2) is 27.4 Å². The zero-order chi connectivity index (χ0) is 23.6. The van der Waals surface area contributed by atoms with E-state index in [4.69, 9.17) is 4.74 Å². The summed E-state index contributed by atoms with van der Waals surface area (Å²) in [7, 11) is 0. The number of phenols is 2. The van der Waals surface area contributed by atoms with E-state index in [9.17, 15) is 19.8 Å². The monoisotopic (exact) mass is 442 g/mol. The van der Waals surface area contributed by atoms with E-state index in [0.29, 0.717) is 29.6 Å². The zero-order valence-electron chi connectivity index (χ0n) is 20.4. The van der Waals surface area contributed by atoms with E-state index in [1.807, 2.05) is 27.7 Å². The number of carbonyl (C=O) groups is 2. The number of carbonyl (C=O) groups excluding carboxylic acids is 2. The molecule has 1 aliphatic heterocycles. The van der Waals surface area contributed by atoms with Crippen LogP contribution in [0.15, 0.2) is 0 Å². The molecular formula is C27H38O5. The maximum Gasteiger partial charge on any atom is 0.170 e. The predicted molar refractivity (Wildman–Crippen MR) is 124 cm³/mol. The van der Waals surface area contributed by atoms with E-state index in [0.717, 1.165) is 19.3 Å². The quantitative estimate of drug-likeness (QED) is 0.522. The third-order valence-electron chi connectivity index (χ3n) is 8.48. The summed E-state index contributed by atoms with van der Waals surface area (Å²) in [5, 5.41) is 22.3. The molecule has 0 aromatic heterocycles. The number of ether oxygens (including phenoxy) is 1. The van der Waals surface area contributed by atoms with Crippen molar-refractivity contribution in [1.82, 2.24) is 0 Å². The van der Waals surface area contributed by atoms with Crippen LogP contribution in [0.5, 0.6) is 17.2 Å². The van der Waals surface area contributed by atoms with Gasteiger partial charge < -0.3 is 14.9 Å². The van der Waals surface area contributed by atoms with Gasteiger partial charge in [0, 0.05) is 23.8 Å². The highest BCUT2D eigenvalue weighted by Crippen LogP contribution is 2.66. The van der Waals surface area contributed by atoms with Crippen molar-refractivity contribution in [2.45, 2.75) is 92.1 Å². The largest absolute Gasteiger partial charge is 0.507 e. The molecule has 2 fully saturated rings. The Kier molecular flexibility index (Phi) is 5.62. The molecule has 3 aliphatic rings. The molecule has 5 nitrogen and oxygen atoms in total. The lowest BCUT2D eigenvalue weighted by Gasteiger charge is -2.52. The minimum atomic E-state index is -0.407. The second-order valence-corrected chi connectivity index (χ2v) is 11.7. The summed E-state index contributed by atoms with van der Waals surface area (Å²) >= 11 is 0. The van der Waals surface area contributed by atoms with Crippen molar-refractivity contribution in [1.29, 1.82) is 0 Å². The van der Waals surface area contributed by atoms with Gasteiger partial charge in [-0.3, -0.25) is 9.59 Å². The summed E-state index contributed by atoms with van der Waals surface area (Å²) < 4.78 is 6.79. The molecule has 3 atom stereocenters. The van der Waals surface area contributed by atoms with E-state index in [1.165, 1.54) is 6.42 Å². The number of fused-ring (bicyclic) bond motifs is 4. The Bertz CT molecular complexity index is 958. The topological polar surface area (TPSA) is 83.8 Å². The van der Waals surface area contributed by atoms with Gasteiger partial charge in [0.1, 0.15) is 34.0 Å². The smallest absolute Gasteiger partial charge is 0.170 e. The molecule has 0 unspecified atom stereocenters. The second kappa shape index (κ2) is 7.78. The van der Waals surface area contributed by atoms with Gasteiger partial charge in [-0.2, -0.15) is 0 Å². The fourth-order valence-electron chi connectivity index (χ4n) is 6.78. The van der Waals surface area contributed by atoms with Gasteiger partial charge >= 0.3 is 0 Å². The summed E-state index contributed by atoms with van der Waals surface area (Å²) in [6.45, 7) is 12.3. The van der Waals surface area contributed by atoms with Gasteiger partial charge in [0.15, 0.2) is 11.6 Å². The number of rotatable bonds is 6. The summed E-state index contributed by atoms with van der Waals surface area (Å²) in [4.78, 5) is 26.3. The van der Waals surface area contributed by atoms with E-state index in [1.54, 1.807) is 0 Å². The minimum Gasteiger partial charge on any atom is -0.507 e. The van der Waals surface area contributed by atoms with Crippen molar-refractivity contribution in [2.75, 3.05) is 0 Å². The molecule has 32 heavy (non-hydrogen) atoms. The molecule has 176 valence electrons. The highest BCUT2D eigenvalue weighted by atomic mass is 16.5. The fraction of sp³-hybridized carbons (Fsp3) is 0.704. The van der Waals surface area contributed by atoms with E-state index < -0.39 is 11.4 Å². The molecule has 1 aromatic rings. The predicted octanol–water partition coefficient (Wildman–Crippen LogP) is 6.08. The molecule has 2 aliphatic carbocycles. The Hall–Kier alpha value is -2.04. The standard InChI is InChI=1S/C27H38O5/c1-14(2)11-19(28)21-23(30)18-9-10-27(17-8-7-16(13-17)26(27,5)6)32-25(18)22(24(21)31)20(29)12-15(3)4/h14-17,30-31H,7-13H2,1-6H3/t16-,17+,27+/m1/s1. The van der Waals surface area contributed by atoms with E-state index in [2.05, 4.69) is 13.8 Å². The lowest BCUT2D eigenvalue weighted by atomic mass is 9.62. The average Bonchev–Trinajstić information content (AvgIpc) is 3.23. The number of ketones is 2. The Labute approximate surface area is 191 Å². The molecule has 5 heteroatoms. The molecule has 0 saturated heterocycles. The molecule has 1 aromatic carbocycles. The van der Waals surface area contributed by atoms with Crippen molar-refractivity contribution in [3.05, 3.63) is 16.7 Å². The summed E-state index contributed by atoms with van der Waals surface area (Å²) in [5.74, 6) is 0.295. The van der Waals surface area contributed by atoms with Crippen molar-refractivity contribution in [3.8, 4) is 17.2 Å². The van der Waals surface area contributed by atoms with Crippen LogP contribution in [0.4, 0.5) is 0 Å². The summed E-state index contributed by atoms with van der Waals surface area (Å²) in [6, 6.07) is 0. The molecule has 2 saturated carbocycles. The van der Waals surface area contributed by atoms with Gasteiger partial charge in [-0.25, -0.2) is 0 Å². The van der Waals surface area contributed by atoms with Gasteiger partial charge in [-0.15, -0.1) is 0 Å². The zero-order valence-corrected chi connectivity index (χ0v) is 20.4. The first kappa shape index (κ1) is 23.1. The van der Waals surface area contributed by atoms with Gasteiger partial charge in [0.05, 0.1) is 0 Å². The first-order valence-corrected chi connectivity index (χ1v) is 12.3. The molecule has 4 rings (SSSR count). The van der Waals surface area contributed by atoms with Crippen LogP contribution >= 0.6 is 0 Å². The third kappa shape index (κ3) is 3.26. The highest BCUT2D eigenvalue weighted by Gasteiger charge is 2.65. The fourth-order valence-corrected chi connectivity index (χ4v) is 6.78. The van der Waals surface area contributed by atoms with Gasteiger partial charge in [0.2, 0.25) is 0 Å². The number of Topliss-reactive ketones (excluding diaryl/α,β-unsaturated/α-hetero) is 2. The lowest BCUT2D eigenvalue weighted by molar-refractivity contribution is -0.0976. The van der Waals surface area contributed by atoms with E-state index >= 15 is 0 Å². The van der Waals surface area contributed by atoms with Crippen molar-refractivity contribution in [2.24, 2.45) is 29.1 Å². The molecular weight excluding hydrogens is 404 g/mol. The Morgan fingerprint density at radius 3 is 2.03 bits per heavy atom. The van der Waals surface area contributed by atoms with Crippen LogP contribution in [0.3, 0.4) is 0 Å². The van der Waals surface area contributed by atoms with Crippen LogP contribution in [0.25, 0.3) is 0 Å². The maximum atomic E-state index is 13.3. The van der Waals surface area contributed by atoms with Crippen LogP contribution in [-0.2, 0) is 6.42 Å². The normalized spacial score (nSPS) is 27.8. The van der Waals surface area contributed by atoms with Crippen LogP contribution in [0.2, 0.25) is 0 Å². The number of aromatic hydroxyl groups is 2. The Morgan fingerprint density at radius 2 is 1.50 bits per heavy atom. The van der Waals surface area contributed by atoms with Gasteiger partial charge in [-0.1, -0.05) is 41.5 Å². The summed E-state index contributed by atoms with van der Waals surface area (Å²) in [5.41, 5.74) is 0.0281. The Morgan fingerprint density at radius 1 is 0.938 bits per heavy atom. The first-order chi connectivity index (χ1) is 14.9. The average molecular weight is 443 g/mol. The lowest BCUT2D eigenvalue weighted by Crippen LogP contribution is -2.55. The van der Waals surface area contributed by atoms with Gasteiger partial charge in [-0.05, 0) is 55.8 Å². The van der Waals surface area contributed by atoms with E-state index in [-0.39, 0.29) is 58.5 Å². The van der Waals surface area contributed by atoms with Crippen LogP contribution in [0, 0.1) is 29.1 Å². The number of phenolic OH excluding ortho intramolecular Hbond substituents is 2. The number of hydrogen-bond acceptors (Lipinski definition) is 5. The third-order valence-corrected chi connectivity index (χ3v) is 8.48. The molecule has 0 radical (unpaired) electrons. The maximum absolute atomic E-state index is 13.3. The highest BCUT2D eigenvalue weighted by molar-refractivity contribution is 6.09. The molecule has 1 spiro atoms. The minimum absolute atomic E-state index is 0.0522. The SMILES string of the molecule is CC(C)CC(=O)c1c(O)c2c(c(C(=O)CC(C)C)c1O)O[C@@]1(CC2)[C@H]2CC[C@H](C2)C1(C)C. The summed E-state index contributed by atoms with van der Waals surface area (Å²) in [6.07, 6.45) is 5.17. The van der Waals surface area contributed by atoms with Crippen LogP contribution in [0.1, 0.15) is 106 Å². The molecule has 2 bridgehead atoms. The Balaban J connectivity index is 1.89. The second-order valence-electron chi connectivity index (χ2n) is 11.7. The molecule has 1 heterocycles. The number of benzene rings is 1. The molecule has 0 amide bonds. The van der Waals surface area contributed by atoms with Crippen molar-refractivity contribution >= 4 is 11.6 Å². The van der Waals surface area contributed by atoms with Crippen molar-refractivity contribution < 1.29 is 24.5 Å². The van der Waals surface area contributed by atoms with Crippen molar-refractivity contribution in [3.63, 3.8) is 0 Å². The van der Waals surface area contributed by atoms with Gasteiger partial charge in [0.25, 0.3) is 0 Å². The molecule has 2 N–H and O–H groups in total. The first-order valence-electron chi connectivity index (χ1n) is 12.3. The van der Waals surface area contributed by atoms with Crippen LogP contribution < -0.4 is 4.74 Å².